The first-order chi connectivity index (χ1) is 11.4. The Morgan fingerprint density at radius 1 is 1.28 bits per heavy atom. The van der Waals surface area contributed by atoms with Gasteiger partial charge in [-0.1, -0.05) is 26.0 Å². The number of ether oxygens (including phenoxy) is 1. The molecule has 140 valence electrons. The molecule has 3 rings (SSSR count). The van der Waals surface area contributed by atoms with Gasteiger partial charge in [-0.05, 0) is 55.7 Å². The molecule has 2 fully saturated rings. The van der Waals surface area contributed by atoms with Crippen LogP contribution in [-0.4, -0.2) is 42.6 Å². The highest BCUT2D eigenvalue weighted by molar-refractivity contribution is 5.85. The maximum Gasteiger partial charge on any atom is 0.260 e. The predicted molar refractivity (Wildman–Crippen MR) is 104 cm³/mol. The number of carbonyl (C=O) groups excluding carboxylic acids is 1. The Morgan fingerprint density at radius 2 is 1.92 bits per heavy atom. The normalized spacial score (nSPS) is 24.8. The maximum absolute atomic E-state index is 12.6. The monoisotopic (exact) mass is 366 g/mol. The van der Waals surface area contributed by atoms with Crippen molar-refractivity contribution in [3.63, 3.8) is 0 Å². The predicted octanol–water partition coefficient (Wildman–Crippen LogP) is 3.66. The molecule has 2 aliphatic rings. The van der Waals surface area contributed by atoms with E-state index in [2.05, 4.69) is 38.2 Å². The van der Waals surface area contributed by atoms with Crippen LogP contribution in [0.15, 0.2) is 18.2 Å². The molecule has 1 aromatic carbocycles. The fraction of sp³-hybridized carbons (Fsp3) is 0.650. The third-order valence-electron chi connectivity index (χ3n) is 5.53. The molecule has 5 heteroatoms. The fourth-order valence-corrected chi connectivity index (χ4v) is 4.03. The van der Waals surface area contributed by atoms with E-state index in [1.165, 1.54) is 12.8 Å². The molecule has 0 aromatic heterocycles. The quantitative estimate of drug-likeness (QED) is 0.864. The number of fused-ring (bicyclic) bond motifs is 2. The van der Waals surface area contributed by atoms with Crippen LogP contribution in [0.5, 0.6) is 5.75 Å². The lowest BCUT2D eigenvalue weighted by atomic mass is 9.98. The van der Waals surface area contributed by atoms with E-state index >= 15 is 0 Å². The van der Waals surface area contributed by atoms with Crippen molar-refractivity contribution in [3.8, 4) is 5.75 Å². The van der Waals surface area contributed by atoms with E-state index in [0.29, 0.717) is 24.0 Å². The largest absolute Gasteiger partial charge is 0.483 e. The summed E-state index contributed by atoms with van der Waals surface area (Å²) < 4.78 is 5.92. The minimum absolute atomic E-state index is 0. The first-order valence-electron chi connectivity index (χ1n) is 9.19. The Balaban J connectivity index is 0.00000225. The van der Waals surface area contributed by atoms with Crippen molar-refractivity contribution in [1.82, 2.24) is 10.2 Å². The van der Waals surface area contributed by atoms with Crippen molar-refractivity contribution in [2.24, 2.45) is 0 Å². The van der Waals surface area contributed by atoms with E-state index in [0.717, 1.165) is 29.7 Å². The summed E-state index contributed by atoms with van der Waals surface area (Å²) in [6, 6.07) is 7.77. The Bertz CT molecular complexity index is 593. The number of hydrogen-bond donors (Lipinski definition) is 1. The number of aryl methyl sites for hydroxylation is 1. The van der Waals surface area contributed by atoms with Gasteiger partial charge in [-0.2, -0.15) is 0 Å². The SMILES string of the molecule is Cc1ccc(C(C)C)c(OCC(=O)N(C)C2CC3CCC(C2)N3)c1.Cl. The molecule has 1 amide bonds. The van der Waals surface area contributed by atoms with Crippen molar-refractivity contribution in [2.75, 3.05) is 13.7 Å². The topological polar surface area (TPSA) is 41.6 Å². The molecular weight excluding hydrogens is 336 g/mol. The van der Waals surface area contributed by atoms with Gasteiger partial charge in [-0.3, -0.25) is 4.79 Å². The molecule has 2 heterocycles. The lowest BCUT2D eigenvalue weighted by molar-refractivity contribution is -0.134. The van der Waals surface area contributed by atoms with E-state index in [-0.39, 0.29) is 24.9 Å². The second-order valence-corrected chi connectivity index (χ2v) is 7.75. The molecule has 0 radical (unpaired) electrons. The number of likely N-dealkylation sites (N-methyl/N-ethyl adjacent to an activating group) is 1. The average molecular weight is 367 g/mol. The van der Waals surface area contributed by atoms with Gasteiger partial charge in [-0.25, -0.2) is 0 Å². The van der Waals surface area contributed by atoms with E-state index in [4.69, 9.17) is 4.74 Å². The van der Waals surface area contributed by atoms with Crippen LogP contribution in [-0.2, 0) is 4.79 Å². The second kappa shape index (κ2) is 8.41. The van der Waals surface area contributed by atoms with E-state index in [1.807, 2.05) is 18.0 Å². The number of amides is 1. The van der Waals surface area contributed by atoms with Crippen LogP contribution >= 0.6 is 12.4 Å². The van der Waals surface area contributed by atoms with Crippen LogP contribution < -0.4 is 10.1 Å². The van der Waals surface area contributed by atoms with Crippen molar-refractivity contribution >= 4 is 18.3 Å². The Labute approximate surface area is 157 Å². The number of halogens is 1. The van der Waals surface area contributed by atoms with Crippen molar-refractivity contribution in [2.45, 2.75) is 70.5 Å². The number of nitrogens with one attached hydrogen (secondary N) is 1. The van der Waals surface area contributed by atoms with Gasteiger partial charge in [0.1, 0.15) is 5.75 Å². The van der Waals surface area contributed by atoms with E-state index in [9.17, 15) is 4.79 Å². The third-order valence-corrected chi connectivity index (χ3v) is 5.53. The molecule has 2 bridgehead atoms. The highest BCUT2D eigenvalue weighted by atomic mass is 35.5. The highest BCUT2D eigenvalue weighted by Gasteiger charge is 2.36. The van der Waals surface area contributed by atoms with Crippen molar-refractivity contribution in [1.29, 1.82) is 0 Å². The summed E-state index contributed by atoms with van der Waals surface area (Å²) in [6.07, 6.45) is 4.64. The van der Waals surface area contributed by atoms with Gasteiger partial charge in [0.15, 0.2) is 6.61 Å². The van der Waals surface area contributed by atoms with Gasteiger partial charge in [0, 0.05) is 25.2 Å². The van der Waals surface area contributed by atoms with E-state index in [1.54, 1.807) is 0 Å². The maximum atomic E-state index is 12.6. The molecule has 2 saturated heterocycles. The summed E-state index contributed by atoms with van der Waals surface area (Å²) in [5.74, 6) is 1.31. The minimum Gasteiger partial charge on any atom is -0.483 e. The summed E-state index contributed by atoms with van der Waals surface area (Å²) in [7, 11) is 1.93. The summed E-state index contributed by atoms with van der Waals surface area (Å²) in [4.78, 5) is 14.5. The zero-order valence-electron chi connectivity index (χ0n) is 15.7. The summed E-state index contributed by atoms with van der Waals surface area (Å²) in [5, 5.41) is 3.63. The molecule has 25 heavy (non-hydrogen) atoms. The molecule has 1 N–H and O–H groups in total. The Hall–Kier alpha value is -1.26. The molecule has 0 spiro atoms. The zero-order chi connectivity index (χ0) is 17.3. The molecule has 1 aromatic rings. The Kier molecular flexibility index (Phi) is 6.75. The van der Waals surface area contributed by atoms with Gasteiger partial charge in [-0.15, -0.1) is 12.4 Å². The third kappa shape index (κ3) is 4.68. The number of nitrogens with zero attached hydrogens (tertiary/aromatic N) is 1. The van der Waals surface area contributed by atoms with E-state index < -0.39 is 0 Å². The second-order valence-electron chi connectivity index (χ2n) is 7.75. The lowest BCUT2D eigenvalue weighted by Crippen LogP contribution is -2.49. The zero-order valence-corrected chi connectivity index (χ0v) is 16.6. The first kappa shape index (κ1) is 20.1. The van der Waals surface area contributed by atoms with Gasteiger partial charge >= 0.3 is 0 Å². The minimum atomic E-state index is 0. The molecule has 0 saturated carbocycles. The Morgan fingerprint density at radius 3 is 2.52 bits per heavy atom. The average Bonchev–Trinajstić information content (AvgIpc) is 2.89. The van der Waals surface area contributed by atoms with Crippen LogP contribution in [0.4, 0.5) is 0 Å². The number of carbonyl (C=O) groups is 1. The lowest BCUT2D eigenvalue weighted by Gasteiger charge is -2.35. The molecule has 2 atom stereocenters. The fourth-order valence-electron chi connectivity index (χ4n) is 4.03. The molecule has 2 unspecified atom stereocenters. The number of hydrogen-bond acceptors (Lipinski definition) is 3. The van der Waals surface area contributed by atoms with Crippen LogP contribution in [0.1, 0.15) is 56.6 Å². The van der Waals surface area contributed by atoms with Crippen molar-refractivity contribution < 1.29 is 9.53 Å². The van der Waals surface area contributed by atoms with Crippen LogP contribution in [0.3, 0.4) is 0 Å². The molecular formula is C20H31ClN2O2. The van der Waals surface area contributed by atoms with Gasteiger partial charge in [0.25, 0.3) is 5.91 Å². The van der Waals surface area contributed by atoms with Gasteiger partial charge < -0.3 is 15.0 Å². The summed E-state index contributed by atoms with van der Waals surface area (Å²) in [6.45, 7) is 6.47. The van der Waals surface area contributed by atoms with Crippen molar-refractivity contribution in [3.05, 3.63) is 29.3 Å². The highest BCUT2D eigenvalue weighted by Crippen LogP contribution is 2.30. The number of benzene rings is 1. The standard InChI is InChI=1S/C20H30N2O2.ClH/c1-13(2)18-8-5-14(3)9-19(18)24-12-20(23)22(4)17-10-15-6-7-16(11-17)21-15;/h5,8-9,13,15-17,21H,6-7,10-12H2,1-4H3;1H. The van der Waals surface area contributed by atoms with Gasteiger partial charge in [0.2, 0.25) is 0 Å². The summed E-state index contributed by atoms with van der Waals surface area (Å²) >= 11 is 0. The first-order valence-corrected chi connectivity index (χ1v) is 9.19. The summed E-state index contributed by atoms with van der Waals surface area (Å²) in [5.41, 5.74) is 2.32. The molecule has 4 nitrogen and oxygen atoms in total. The van der Waals surface area contributed by atoms with Crippen LogP contribution in [0.2, 0.25) is 0 Å². The molecule has 2 aliphatic heterocycles. The smallest absolute Gasteiger partial charge is 0.260 e. The number of piperidine rings is 1. The van der Waals surface area contributed by atoms with Gasteiger partial charge in [0.05, 0.1) is 0 Å². The van der Waals surface area contributed by atoms with Crippen LogP contribution in [0, 0.1) is 6.92 Å². The van der Waals surface area contributed by atoms with Crippen LogP contribution in [0.25, 0.3) is 0 Å². The molecule has 0 aliphatic carbocycles. The number of rotatable bonds is 5.